The van der Waals surface area contributed by atoms with Crippen molar-refractivity contribution in [2.24, 2.45) is 0 Å². The maximum atomic E-state index is 6.48. The highest BCUT2D eigenvalue weighted by Gasteiger charge is 2.20. The molecule has 0 bridgehead atoms. The molecule has 9 aromatic carbocycles. The highest BCUT2D eigenvalue weighted by Crippen LogP contribution is 2.41. The average molecular weight is 727 g/mol. The van der Waals surface area contributed by atoms with E-state index in [2.05, 4.69) is 203 Å². The average Bonchev–Trinajstić information content (AvgIpc) is 3.93. The van der Waals surface area contributed by atoms with Gasteiger partial charge in [-0.05, 0) is 82.4 Å². The largest absolute Gasteiger partial charge is 0.455 e. The minimum atomic E-state index is 0.908. The van der Waals surface area contributed by atoms with Crippen LogP contribution < -0.4 is 0 Å². The molecule has 0 fully saturated rings. The van der Waals surface area contributed by atoms with Crippen LogP contribution in [-0.4, -0.2) is 9.13 Å². The molecule has 0 aliphatic rings. The van der Waals surface area contributed by atoms with E-state index in [-0.39, 0.29) is 0 Å². The molecule has 0 aliphatic carbocycles. The topological polar surface area (TPSA) is 23.0 Å². The molecule has 266 valence electrons. The maximum absolute atomic E-state index is 6.48. The summed E-state index contributed by atoms with van der Waals surface area (Å²) in [5.74, 6) is 0. The van der Waals surface area contributed by atoms with Gasteiger partial charge in [0.05, 0.1) is 22.1 Å². The van der Waals surface area contributed by atoms with Gasteiger partial charge in [-0.1, -0.05) is 152 Å². The van der Waals surface area contributed by atoms with Crippen LogP contribution in [0.15, 0.2) is 211 Å². The molecule has 0 atom stereocenters. The second-order valence-corrected chi connectivity index (χ2v) is 14.9. The first-order valence-electron chi connectivity index (χ1n) is 19.5. The maximum Gasteiger partial charge on any atom is 0.143 e. The minimum absolute atomic E-state index is 0.908. The van der Waals surface area contributed by atoms with Gasteiger partial charge < -0.3 is 13.6 Å². The Morgan fingerprint density at radius 3 is 1.42 bits per heavy atom. The van der Waals surface area contributed by atoms with E-state index in [0.717, 1.165) is 44.4 Å². The lowest BCUT2D eigenvalue weighted by molar-refractivity contribution is 0.670. The van der Waals surface area contributed by atoms with Crippen LogP contribution in [-0.2, 0) is 0 Å². The van der Waals surface area contributed by atoms with Crippen molar-refractivity contribution in [1.29, 1.82) is 0 Å². The zero-order valence-electron chi connectivity index (χ0n) is 30.9. The summed E-state index contributed by atoms with van der Waals surface area (Å²) in [6.45, 7) is 0. The lowest BCUT2D eigenvalue weighted by atomic mass is 10.00. The van der Waals surface area contributed by atoms with Gasteiger partial charge in [0.1, 0.15) is 11.2 Å². The zero-order chi connectivity index (χ0) is 37.5. The zero-order valence-corrected chi connectivity index (χ0v) is 30.9. The van der Waals surface area contributed by atoms with Crippen molar-refractivity contribution in [2.45, 2.75) is 0 Å². The van der Waals surface area contributed by atoms with Crippen LogP contribution in [0.5, 0.6) is 0 Å². The third-order valence-electron chi connectivity index (χ3n) is 11.7. The standard InChI is InChI=1S/C54H34N2O/c1-2-13-35(14-3-1)36-27-29-37(30-28-36)38-15-10-17-40(31-38)55-49-24-7-4-19-43(49)47-34-52-48(33-51(47)55)44-20-5-8-25-50(44)56(52)41-18-11-16-39(32-41)42-22-12-23-46-45-21-6-9-26-53(45)57-54(42)46/h1-34H. The van der Waals surface area contributed by atoms with Gasteiger partial charge in [0.15, 0.2) is 0 Å². The molecule has 0 saturated carbocycles. The summed E-state index contributed by atoms with van der Waals surface area (Å²) < 4.78 is 11.3. The Morgan fingerprint density at radius 1 is 0.281 bits per heavy atom. The number of hydrogen-bond acceptors (Lipinski definition) is 1. The molecule has 3 aromatic heterocycles. The Bertz CT molecular complexity index is 3510. The fraction of sp³-hybridized carbons (Fsp3) is 0. The summed E-state index contributed by atoms with van der Waals surface area (Å²) in [4.78, 5) is 0. The highest BCUT2D eigenvalue weighted by atomic mass is 16.3. The van der Waals surface area contributed by atoms with Gasteiger partial charge in [0.25, 0.3) is 0 Å². The van der Waals surface area contributed by atoms with Crippen LogP contribution >= 0.6 is 0 Å². The van der Waals surface area contributed by atoms with E-state index < -0.39 is 0 Å². The normalized spacial score (nSPS) is 11.9. The fourth-order valence-corrected chi connectivity index (χ4v) is 9.08. The van der Waals surface area contributed by atoms with Gasteiger partial charge in [-0.3, -0.25) is 0 Å². The minimum Gasteiger partial charge on any atom is -0.455 e. The molecule has 12 rings (SSSR count). The molecule has 0 spiro atoms. The number of nitrogens with zero attached hydrogens (tertiary/aromatic N) is 2. The van der Waals surface area contributed by atoms with Crippen LogP contribution in [0.25, 0.3) is 110 Å². The van der Waals surface area contributed by atoms with E-state index in [1.54, 1.807) is 0 Å². The van der Waals surface area contributed by atoms with Gasteiger partial charge in [-0.15, -0.1) is 0 Å². The number of para-hydroxylation sites is 4. The summed E-state index contributed by atoms with van der Waals surface area (Å²) in [5.41, 5.74) is 15.8. The molecule has 3 heterocycles. The second kappa shape index (κ2) is 12.5. The monoisotopic (exact) mass is 726 g/mol. The Hall–Kier alpha value is -7.62. The fourth-order valence-electron chi connectivity index (χ4n) is 9.08. The quantitative estimate of drug-likeness (QED) is 0.173. The smallest absolute Gasteiger partial charge is 0.143 e. The van der Waals surface area contributed by atoms with Gasteiger partial charge in [-0.2, -0.15) is 0 Å². The molecule has 57 heavy (non-hydrogen) atoms. The van der Waals surface area contributed by atoms with Crippen molar-refractivity contribution >= 4 is 65.6 Å². The third-order valence-corrected chi connectivity index (χ3v) is 11.7. The predicted molar refractivity (Wildman–Crippen MR) is 239 cm³/mol. The van der Waals surface area contributed by atoms with E-state index in [4.69, 9.17) is 4.42 Å². The second-order valence-electron chi connectivity index (χ2n) is 14.9. The Labute approximate surface area is 328 Å². The Balaban J connectivity index is 1.04. The number of hydrogen-bond donors (Lipinski definition) is 0. The highest BCUT2D eigenvalue weighted by molar-refractivity contribution is 6.19. The number of fused-ring (bicyclic) bond motifs is 9. The van der Waals surface area contributed by atoms with Gasteiger partial charge in [0.2, 0.25) is 0 Å². The van der Waals surface area contributed by atoms with E-state index in [1.807, 2.05) is 12.1 Å². The van der Waals surface area contributed by atoms with Crippen molar-refractivity contribution < 1.29 is 4.42 Å². The van der Waals surface area contributed by atoms with Crippen molar-refractivity contribution in [1.82, 2.24) is 9.13 Å². The summed E-state index contributed by atoms with van der Waals surface area (Å²) >= 11 is 0. The van der Waals surface area contributed by atoms with E-state index in [9.17, 15) is 0 Å². The third kappa shape index (κ3) is 4.92. The molecule has 3 nitrogen and oxygen atoms in total. The summed E-state index contributed by atoms with van der Waals surface area (Å²) in [7, 11) is 0. The first-order valence-corrected chi connectivity index (χ1v) is 19.5. The van der Waals surface area contributed by atoms with Crippen molar-refractivity contribution in [2.75, 3.05) is 0 Å². The lowest BCUT2D eigenvalue weighted by Crippen LogP contribution is -1.95. The van der Waals surface area contributed by atoms with Crippen molar-refractivity contribution in [3.63, 3.8) is 0 Å². The SMILES string of the molecule is c1ccc(-c2ccc(-c3cccc(-n4c5ccccc5c5cc6c(cc54)c4ccccc4n6-c4cccc(-c5cccc6c5oc5ccccc56)c4)c3)cc2)cc1. The Kier molecular flexibility index (Phi) is 6.93. The van der Waals surface area contributed by atoms with E-state index in [1.165, 1.54) is 65.9 Å². The predicted octanol–water partition coefficient (Wildman–Crippen LogP) is 14.8. The number of rotatable bonds is 5. The van der Waals surface area contributed by atoms with Crippen LogP contribution in [0, 0.1) is 0 Å². The van der Waals surface area contributed by atoms with Gasteiger partial charge in [0, 0.05) is 49.3 Å². The molecular formula is C54H34N2O. The van der Waals surface area contributed by atoms with Crippen molar-refractivity contribution in [3.8, 4) is 44.8 Å². The molecule has 0 amide bonds. The molecular weight excluding hydrogens is 693 g/mol. The molecule has 0 radical (unpaired) electrons. The molecule has 12 aromatic rings. The van der Waals surface area contributed by atoms with E-state index >= 15 is 0 Å². The summed E-state index contributed by atoms with van der Waals surface area (Å²) in [6.07, 6.45) is 0. The lowest BCUT2D eigenvalue weighted by Gasteiger charge is -2.12. The molecule has 3 heteroatoms. The first kappa shape index (κ1) is 31.7. The van der Waals surface area contributed by atoms with E-state index in [0.29, 0.717) is 0 Å². The van der Waals surface area contributed by atoms with Gasteiger partial charge in [-0.25, -0.2) is 0 Å². The number of furan rings is 1. The van der Waals surface area contributed by atoms with Crippen LogP contribution in [0.4, 0.5) is 0 Å². The van der Waals surface area contributed by atoms with Crippen LogP contribution in [0.2, 0.25) is 0 Å². The summed E-state index contributed by atoms with van der Waals surface area (Å²) in [5, 5.41) is 7.18. The number of benzene rings is 9. The Morgan fingerprint density at radius 2 is 0.754 bits per heavy atom. The number of aromatic nitrogens is 2. The van der Waals surface area contributed by atoms with Gasteiger partial charge >= 0.3 is 0 Å². The van der Waals surface area contributed by atoms with Crippen LogP contribution in [0.1, 0.15) is 0 Å². The molecule has 0 N–H and O–H groups in total. The molecule has 0 saturated heterocycles. The summed E-state index contributed by atoms with van der Waals surface area (Å²) in [6, 6.07) is 74.5. The molecule has 0 unspecified atom stereocenters. The molecule has 0 aliphatic heterocycles. The first-order chi connectivity index (χ1) is 28.3. The van der Waals surface area contributed by atoms with Crippen molar-refractivity contribution in [3.05, 3.63) is 206 Å². The van der Waals surface area contributed by atoms with Crippen LogP contribution in [0.3, 0.4) is 0 Å².